The fourth-order valence-electron chi connectivity index (χ4n) is 3.65. The number of aromatic nitrogens is 3. The van der Waals surface area contributed by atoms with E-state index in [4.69, 9.17) is 42.1 Å². The van der Waals surface area contributed by atoms with Crippen LogP contribution in [0.5, 0.6) is 23.0 Å². The number of fused-ring (bicyclic) bond motifs is 1. The molecule has 9 nitrogen and oxygen atoms in total. The van der Waals surface area contributed by atoms with Gasteiger partial charge in [-0.1, -0.05) is 40.5 Å². The summed E-state index contributed by atoms with van der Waals surface area (Å²) in [6.07, 6.45) is 4.93. The van der Waals surface area contributed by atoms with Gasteiger partial charge >= 0.3 is 0 Å². The molecule has 3 aromatic carbocycles. The molecular weight excluding hydrogens is 531 g/mol. The minimum Gasteiger partial charge on any atom is -0.493 e. The maximum atomic E-state index is 12.3. The van der Waals surface area contributed by atoms with Crippen LogP contribution >= 0.6 is 23.2 Å². The van der Waals surface area contributed by atoms with Gasteiger partial charge in [-0.3, -0.25) is 4.79 Å². The normalized spacial score (nSPS) is 12.1. The molecule has 0 spiro atoms. The van der Waals surface area contributed by atoms with E-state index in [-0.39, 0.29) is 19.3 Å². The van der Waals surface area contributed by atoms with E-state index in [1.54, 1.807) is 48.3 Å². The third-order valence-electron chi connectivity index (χ3n) is 5.60. The van der Waals surface area contributed by atoms with Crippen LogP contribution in [0.2, 0.25) is 10.0 Å². The second-order valence-electron chi connectivity index (χ2n) is 8.19. The zero-order chi connectivity index (χ0) is 26.5. The number of methoxy groups -OCH3 is 1. The molecule has 38 heavy (non-hydrogen) atoms. The van der Waals surface area contributed by atoms with E-state index >= 15 is 0 Å². The largest absolute Gasteiger partial charge is 0.493 e. The van der Waals surface area contributed by atoms with E-state index in [1.165, 1.54) is 6.08 Å². The Bertz CT molecular complexity index is 1500. The van der Waals surface area contributed by atoms with Gasteiger partial charge in [0.05, 0.1) is 29.0 Å². The number of rotatable bonds is 9. The maximum absolute atomic E-state index is 12.3. The van der Waals surface area contributed by atoms with Crippen molar-refractivity contribution in [1.82, 2.24) is 20.3 Å². The topological polar surface area (TPSA) is 96.7 Å². The van der Waals surface area contributed by atoms with Crippen molar-refractivity contribution in [3.63, 3.8) is 0 Å². The van der Waals surface area contributed by atoms with Crippen molar-refractivity contribution in [3.8, 4) is 28.7 Å². The van der Waals surface area contributed by atoms with Crippen LogP contribution in [0.3, 0.4) is 0 Å². The second-order valence-corrected chi connectivity index (χ2v) is 9.00. The first-order valence-corrected chi connectivity index (χ1v) is 12.3. The molecule has 2 heterocycles. The highest BCUT2D eigenvalue weighted by Crippen LogP contribution is 2.33. The van der Waals surface area contributed by atoms with Crippen LogP contribution in [0.1, 0.15) is 16.8 Å². The second kappa shape index (κ2) is 11.5. The lowest BCUT2D eigenvalue weighted by Crippen LogP contribution is -2.20. The quantitative estimate of drug-likeness (QED) is 0.284. The van der Waals surface area contributed by atoms with E-state index in [1.807, 2.05) is 30.3 Å². The van der Waals surface area contributed by atoms with Gasteiger partial charge < -0.3 is 24.3 Å². The van der Waals surface area contributed by atoms with Crippen LogP contribution in [-0.2, 0) is 17.9 Å². The molecule has 0 radical (unpaired) electrons. The standard InChI is InChI=1S/C27H22Cl2N4O5/c1-35-25-11-18(13-30-27(34)9-4-17-2-7-24-26(10-17)38-16-37-24)3-8-23(25)36-15-19-14-33(32-31-19)20-5-6-21(28)22(29)12-20/h2-12,14H,13,15-16H2,1H3,(H,30,34)/b9-4+. The van der Waals surface area contributed by atoms with E-state index in [0.29, 0.717) is 45.3 Å². The highest BCUT2D eigenvalue weighted by atomic mass is 35.5. The summed E-state index contributed by atoms with van der Waals surface area (Å²) < 4.78 is 23.6. The Morgan fingerprint density at radius 1 is 1.05 bits per heavy atom. The van der Waals surface area contributed by atoms with E-state index in [2.05, 4.69) is 15.6 Å². The molecule has 0 atom stereocenters. The lowest BCUT2D eigenvalue weighted by atomic mass is 10.2. The number of ether oxygens (including phenoxy) is 4. The molecule has 194 valence electrons. The average molecular weight is 553 g/mol. The average Bonchev–Trinajstić information content (AvgIpc) is 3.60. The molecule has 0 saturated heterocycles. The first-order chi connectivity index (χ1) is 18.5. The van der Waals surface area contributed by atoms with Gasteiger partial charge in [-0.25, -0.2) is 4.68 Å². The third-order valence-corrected chi connectivity index (χ3v) is 6.34. The van der Waals surface area contributed by atoms with Gasteiger partial charge in [0.2, 0.25) is 12.7 Å². The molecule has 4 aromatic rings. The monoisotopic (exact) mass is 552 g/mol. The van der Waals surface area contributed by atoms with Crippen LogP contribution in [-0.4, -0.2) is 34.8 Å². The number of nitrogens with zero attached hydrogens (tertiary/aromatic N) is 3. The number of amides is 1. The molecular formula is C27H22Cl2N4O5. The zero-order valence-electron chi connectivity index (χ0n) is 20.2. The Labute approximate surface area is 228 Å². The van der Waals surface area contributed by atoms with Gasteiger partial charge in [0.15, 0.2) is 23.0 Å². The summed E-state index contributed by atoms with van der Waals surface area (Å²) in [6, 6.07) is 16.1. The Morgan fingerprint density at radius 3 is 2.76 bits per heavy atom. The predicted octanol–water partition coefficient (Wildman–Crippen LogP) is 5.22. The van der Waals surface area contributed by atoms with Crippen molar-refractivity contribution in [1.29, 1.82) is 0 Å². The minimum atomic E-state index is -0.230. The highest BCUT2D eigenvalue weighted by molar-refractivity contribution is 6.42. The summed E-state index contributed by atoms with van der Waals surface area (Å²) in [6.45, 7) is 0.704. The number of hydrogen-bond donors (Lipinski definition) is 1. The van der Waals surface area contributed by atoms with Crippen LogP contribution in [0.4, 0.5) is 0 Å². The van der Waals surface area contributed by atoms with Crippen LogP contribution in [0.15, 0.2) is 66.9 Å². The van der Waals surface area contributed by atoms with E-state index in [0.717, 1.165) is 16.8 Å². The molecule has 0 saturated carbocycles. The van der Waals surface area contributed by atoms with Crippen molar-refractivity contribution in [2.45, 2.75) is 13.2 Å². The first kappa shape index (κ1) is 25.4. The lowest BCUT2D eigenvalue weighted by Gasteiger charge is -2.11. The summed E-state index contributed by atoms with van der Waals surface area (Å²) in [5, 5.41) is 12.0. The van der Waals surface area contributed by atoms with Crippen LogP contribution < -0.4 is 24.3 Å². The predicted molar refractivity (Wildman–Crippen MR) is 142 cm³/mol. The summed E-state index contributed by atoms with van der Waals surface area (Å²) in [7, 11) is 1.55. The molecule has 1 aromatic heterocycles. The van der Waals surface area contributed by atoms with E-state index < -0.39 is 0 Å². The molecule has 0 bridgehead atoms. The Balaban J connectivity index is 1.15. The van der Waals surface area contributed by atoms with Crippen molar-refractivity contribution in [3.05, 3.63) is 93.7 Å². The van der Waals surface area contributed by atoms with Crippen LogP contribution in [0, 0.1) is 0 Å². The van der Waals surface area contributed by atoms with Gasteiger partial charge in [0.25, 0.3) is 0 Å². The van der Waals surface area contributed by atoms with Crippen LogP contribution in [0.25, 0.3) is 11.8 Å². The molecule has 1 amide bonds. The molecule has 1 aliphatic rings. The maximum Gasteiger partial charge on any atom is 0.244 e. The van der Waals surface area contributed by atoms with Crippen molar-refractivity contribution in [2.24, 2.45) is 0 Å². The number of carbonyl (C=O) groups excluding carboxylic acids is 1. The highest BCUT2D eigenvalue weighted by Gasteiger charge is 2.13. The summed E-state index contributed by atoms with van der Waals surface area (Å²) in [5.74, 6) is 2.20. The molecule has 0 fully saturated rings. The number of halogens is 2. The first-order valence-electron chi connectivity index (χ1n) is 11.5. The third kappa shape index (κ3) is 6.01. The number of benzene rings is 3. The van der Waals surface area contributed by atoms with Crippen molar-refractivity contribution in [2.75, 3.05) is 13.9 Å². The van der Waals surface area contributed by atoms with Crippen molar-refractivity contribution >= 4 is 35.2 Å². The van der Waals surface area contributed by atoms with Crippen molar-refractivity contribution < 1.29 is 23.7 Å². The van der Waals surface area contributed by atoms with Gasteiger partial charge in [0.1, 0.15) is 12.3 Å². The lowest BCUT2D eigenvalue weighted by molar-refractivity contribution is -0.116. The minimum absolute atomic E-state index is 0.179. The molecule has 5 rings (SSSR count). The summed E-state index contributed by atoms with van der Waals surface area (Å²) in [5.41, 5.74) is 3.03. The van der Waals surface area contributed by atoms with E-state index in [9.17, 15) is 4.79 Å². The molecule has 0 unspecified atom stereocenters. The zero-order valence-corrected chi connectivity index (χ0v) is 21.7. The smallest absolute Gasteiger partial charge is 0.244 e. The fraction of sp³-hybridized carbons (Fsp3) is 0.148. The number of nitrogens with one attached hydrogen (secondary N) is 1. The SMILES string of the molecule is COc1cc(CNC(=O)/C=C/c2ccc3c(c2)OCO3)ccc1OCc1cn(-c2ccc(Cl)c(Cl)c2)nn1. The number of carbonyl (C=O) groups is 1. The molecule has 1 aliphatic heterocycles. The van der Waals surface area contributed by atoms with Gasteiger partial charge in [-0.2, -0.15) is 0 Å². The molecule has 0 aliphatic carbocycles. The van der Waals surface area contributed by atoms with Gasteiger partial charge in [-0.05, 0) is 59.7 Å². The summed E-state index contributed by atoms with van der Waals surface area (Å²) in [4.78, 5) is 12.3. The van der Waals surface area contributed by atoms with Gasteiger partial charge in [0, 0.05) is 12.6 Å². The fourth-order valence-corrected chi connectivity index (χ4v) is 3.94. The Hall–Kier alpha value is -4.21. The molecule has 1 N–H and O–H groups in total. The molecule has 11 heteroatoms. The summed E-state index contributed by atoms with van der Waals surface area (Å²) >= 11 is 12.1. The Morgan fingerprint density at radius 2 is 1.92 bits per heavy atom. The van der Waals surface area contributed by atoms with Gasteiger partial charge in [-0.15, -0.1) is 5.10 Å². The number of hydrogen-bond acceptors (Lipinski definition) is 7. The Kier molecular flexibility index (Phi) is 7.67.